The zero-order valence-corrected chi connectivity index (χ0v) is 73.6. The van der Waals surface area contributed by atoms with E-state index in [9.17, 15) is 71.9 Å². The molecule has 11 atom stereocenters. The molecule has 2 aliphatic heterocycles. The smallest absolute Gasteiger partial charge is 0.409 e. The minimum Gasteiger partial charge on any atom is -0.456 e. The predicted molar refractivity (Wildman–Crippen MR) is 449 cm³/mol. The molecule has 0 aliphatic carbocycles. The molecule has 2 aliphatic rings. The Morgan fingerprint density at radius 2 is 1.27 bits per heavy atom. The average Bonchev–Trinajstić information content (AvgIpc) is 1.50. The molecule has 2 aromatic carbocycles. The highest BCUT2D eigenvalue weighted by atomic mass is 16.6. The van der Waals surface area contributed by atoms with Crippen LogP contribution in [0.2, 0.25) is 0 Å². The van der Waals surface area contributed by atoms with Crippen molar-refractivity contribution in [2.45, 2.75) is 209 Å². The number of hydrogen-bond donors (Lipinski definition) is 6. The summed E-state index contributed by atoms with van der Waals surface area (Å²) >= 11 is 0. The number of nitrogens with one attached hydrogen (secondary N) is 6. The molecule has 672 valence electrons. The summed E-state index contributed by atoms with van der Waals surface area (Å²) in [5.74, 6) is -9.79. The van der Waals surface area contributed by atoms with Crippen LogP contribution < -0.4 is 31.9 Å². The predicted octanol–water partition coefficient (Wildman–Crippen LogP) is 6.32. The number of likely N-dealkylation sites (N-methyl/N-ethyl adjacent to an activating group) is 4. The van der Waals surface area contributed by atoms with E-state index < -0.39 is 138 Å². The molecular weight excluding hydrogens is 1570 g/mol. The third-order valence-electron chi connectivity index (χ3n) is 20.7. The number of rotatable bonds is 41. The van der Waals surface area contributed by atoms with Crippen LogP contribution in [0.3, 0.4) is 0 Å². The minimum absolute atomic E-state index is 0.00485. The Balaban J connectivity index is 1.30. The minimum atomic E-state index is -1.40. The number of cyclic esters (lactones) is 2. The van der Waals surface area contributed by atoms with Gasteiger partial charge in [-0.25, -0.2) is 19.2 Å². The van der Waals surface area contributed by atoms with Crippen LogP contribution in [0.15, 0.2) is 90.0 Å². The summed E-state index contributed by atoms with van der Waals surface area (Å²) in [7, 11) is 5.70. The standard InChI is InChI=1S/C87H131N11O23/c1-18-57(7)77-81(107)90-63(13)85(111)121-78(58(8)19-2)61(11)69(34-29-59(9)84(110)119-70(50-55(3)4)80(106)89-62(12)82(108)97(17)67(52-64-26-22-20-23-27-64)83(109)96(16)53-73(102)93-77)120-87(113)95(15)41-40-94(14)86(112)118-54-65-30-32-66(33-31-65)91-79(105)60(10)51-68(99)76(56(5)6)92-72(101)37-42-114-44-46-116-48-49-117-47-45-115-43-38-88-71(100)28-24-21-25-39-98-74(103)35-36-75(98)104/h19-20,22-23,26-27,29-33,35-36,55-57,60-63,67,69-70,76-78H,18,21,24-25,28,34,37-54H2,1-17H3,(H,88,100)(H,89,106)(H,90,107)(H,91,105)(H,92,101)(H,93,102)/b58-19+,59-29+/t57?,60-,61-,62-,63+,67+,69-,70+,76+,77-,78+/m0/s1. The fourth-order valence-corrected chi connectivity index (χ4v) is 12.6. The fraction of sp³-hybridized carbons (Fsp3) is 0.621. The molecule has 2 heterocycles. The number of unbranched alkanes of at least 4 members (excludes halogenated alkanes) is 2. The topological polar surface area (TPSA) is 418 Å². The van der Waals surface area contributed by atoms with Crippen LogP contribution in [-0.4, -0.2) is 276 Å². The van der Waals surface area contributed by atoms with Gasteiger partial charge in [-0.05, 0) is 100 Å². The quantitative estimate of drug-likeness (QED) is 0.0139. The van der Waals surface area contributed by atoms with E-state index in [1.165, 1.54) is 86.8 Å². The second-order valence-corrected chi connectivity index (χ2v) is 31.5. The molecule has 0 spiro atoms. The number of anilines is 1. The summed E-state index contributed by atoms with van der Waals surface area (Å²) < 4.78 is 45.9. The lowest BCUT2D eigenvalue weighted by Gasteiger charge is -2.33. The highest BCUT2D eigenvalue weighted by molar-refractivity contribution is 6.13. The molecule has 12 amide bonds. The summed E-state index contributed by atoms with van der Waals surface area (Å²) in [4.78, 5) is 208. The zero-order valence-electron chi connectivity index (χ0n) is 73.6. The van der Waals surface area contributed by atoms with Crippen molar-refractivity contribution in [1.82, 2.24) is 51.1 Å². The van der Waals surface area contributed by atoms with Crippen molar-refractivity contribution in [2.24, 2.45) is 29.6 Å². The Bertz CT molecular complexity index is 3840. The first-order valence-electron chi connectivity index (χ1n) is 41.7. The van der Waals surface area contributed by atoms with Crippen LogP contribution >= 0.6 is 0 Å². The highest BCUT2D eigenvalue weighted by Crippen LogP contribution is 2.28. The van der Waals surface area contributed by atoms with Crippen molar-refractivity contribution >= 4 is 94.7 Å². The number of carbonyl (C=O) groups is 15. The van der Waals surface area contributed by atoms with E-state index in [0.29, 0.717) is 101 Å². The summed E-state index contributed by atoms with van der Waals surface area (Å²) in [5, 5.41) is 16.5. The summed E-state index contributed by atoms with van der Waals surface area (Å²) in [6.45, 7) is 23.8. The van der Waals surface area contributed by atoms with Crippen LogP contribution in [0.4, 0.5) is 15.3 Å². The second kappa shape index (κ2) is 54.0. The van der Waals surface area contributed by atoms with Crippen LogP contribution in [-0.2, 0) is 113 Å². The number of amides is 12. The van der Waals surface area contributed by atoms with E-state index in [1.807, 2.05) is 20.8 Å². The second-order valence-electron chi connectivity index (χ2n) is 31.5. The van der Waals surface area contributed by atoms with Gasteiger partial charge in [-0.1, -0.05) is 123 Å². The molecular formula is C87H131N11O23. The number of hydrogen-bond acceptors (Lipinski definition) is 23. The first-order valence-corrected chi connectivity index (χ1v) is 41.7. The van der Waals surface area contributed by atoms with Gasteiger partial charge in [-0.15, -0.1) is 0 Å². The maximum Gasteiger partial charge on any atom is 0.409 e. The molecule has 6 N–H and O–H groups in total. The van der Waals surface area contributed by atoms with Gasteiger partial charge in [-0.2, -0.15) is 0 Å². The number of ketones is 1. The van der Waals surface area contributed by atoms with Crippen molar-refractivity contribution in [3.8, 4) is 0 Å². The number of Topliss-reactive ketones (excluding diaryl/α,β-unsaturated/α-hetero) is 1. The van der Waals surface area contributed by atoms with Crippen molar-refractivity contribution in [3.05, 3.63) is 101 Å². The Kier molecular flexibility index (Phi) is 46.0. The van der Waals surface area contributed by atoms with E-state index in [4.69, 9.17) is 37.9 Å². The molecule has 34 heteroatoms. The SMILES string of the molecule is C/C=C(\C)[C@H]1OC(=O)[C@@H](C)NC(=O)[C@H](C(C)CC)NC(=O)CN(C)C(=O)[C@@H](Cc2ccccc2)N(C)C(=O)[C@H](C)NC(=O)[C@@H](CC(C)C)OC(=O)/C(C)=C/C[C@H](OC(=O)N(C)CCN(C)C(=O)OCc2ccc(NC(=O)[C@@H](C)CC(=O)[C@H](NC(=O)CCOCCOCCOCCOCCNC(=O)CCCCCN3C(=O)C=CC3=O)C(C)C)cc2)[C@@H]1C. The lowest BCUT2D eigenvalue weighted by atomic mass is 9.90. The number of benzene rings is 2. The van der Waals surface area contributed by atoms with E-state index in [-0.39, 0.29) is 113 Å². The Morgan fingerprint density at radius 3 is 1.87 bits per heavy atom. The van der Waals surface area contributed by atoms with Crippen LogP contribution in [0, 0.1) is 29.6 Å². The molecule has 1 unspecified atom stereocenters. The molecule has 4 rings (SSSR count). The normalized spacial score (nSPS) is 20.9. The summed E-state index contributed by atoms with van der Waals surface area (Å²) in [5.41, 5.74) is 2.19. The van der Waals surface area contributed by atoms with E-state index in [0.717, 1.165) is 4.90 Å². The molecule has 0 aromatic heterocycles. The monoisotopic (exact) mass is 1700 g/mol. The maximum atomic E-state index is 14.4. The summed E-state index contributed by atoms with van der Waals surface area (Å²) in [6.07, 6.45) is 2.80. The Morgan fingerprint density at radius 1 is 0.678 bits per heavy atom. The zero-order chi connectivity index (χ0) is 90.0. The number of esters is 2. The van der Waals surface area contributed by atoms with Crippen LogP contribution in [0.5, 0.6) is 0 Å². The number of ether oxygens (including phenoxy) is 8. The third-order valence-corrected chi connectivity index (χ3v) is 20.7. The third kappa shape index (κ3) is 36.8. The van der Waals surface area contributed by atoms with Gasteiger partial charge in [-0.3, -0.25) is 57.6 Å². The molecule has 0 bridgehead atoms. The molecule has 34 nitrogen and oxygen atoms in total. The molecule has 0 fully saturated rings. The lowest BCUT2D eigenvalue weighted by Crippen LogP contribution is -2.57. The maximum absolute atomic E-state index is 14.4. The largest absolute Gasteiger partial charge is 0.456 e. The first-order chi connectivity index (χ1) is 57.4. The van der Waals surface area contributed by atoms with Gasteiger partial charge in [0.05, 0.1) is 65.4 Å². The summed E-state index contributed by atoms with van der Waals surface area (Å²) in [6, 6.07) is 9.60. The van der Waals surface area contributed by atoms with Crippen molar-refractivity contribution in [3.63, 3.8) is 0 Å². The fourth-order valence-electron chi connectivity index (χ4n) is 12.6. The number of carbonyl (C=O) groups excluding carboxylic acids is 15. The van der Waals surface area contributed by atoms with Gasteiger partial charge >= 0.3 is 24.1 Å². The van der Waals surface area contributed by atoms with Crippen molar-refractivity contribution < 1.29 is 110 Å². The van der Waals surface area contributed by atoms with Crippen molar-refractivity contribution in [1.29, 1.82) is 0 Å². The van der Waals surface area contributed by atoms with E-state index in [1.54, 1.807) is 109 Å². The Labute approximate surface area is 711 Å². The molecule has 121 heavy (non-hydrogen) atoms. The number of allylic oxidation sites excluding steroid dienone is 1. The number of imide groups is 1. The lowest BCUT2D eigenvalue weighted by molar-refractivity contribution is -0.155. The van der Waals surface area contributed by atoms with Crippen molar-refractivity contribution in [2.75, 3.05) is 119 Å². The molecule has 0 saturated carbocycles. The highest BCUT2D eigenvalue weighted by Gasteiger charge is 2.39. The average molecular weight is 1700 g/mol. The molecule has 0 radical (unpaired) electrons. The van der Waals surface area contributed by atoms with Gasteiger partial charge in [0.15, 0.2) is 11.9 Å². The van der Waals surface area contributed by atoms with Gasteiger partial charge in [0, 0.05) is 122 Å². The molecule has 2 aromatic rings. The first kappa shape index (κ1) is 103. The van der Waals surface area contributed by atoms with Gasteiger partial charge < -0.3 is 89.4 Å². The van der Waals surface area contributed by atoms with Crippen LogP contribution in [0.25, 0.3) is 0 Å². The molecule has 0 saturated heterocycles. The van der Waals surface area contributed by atoms with Gasteiger partial charge in [0.1, 0.15) is 43.0 Å². The van der Waals surface area contributed by atoms with E-state index >= 15 is 0 Å². The van der Waals surface area contributed by atoms with Gasteiger partial charge in [0.25, 0.3) is 17.7 Å². The Hall–Kier alpha value is -10.4. The van der Waals surface area contributed by atoms with E-state index in [2.05, 4.69) is 31.9 Å². The number of nitrogens with zero attached hydrogens (tertiary/aromatic N) is 5. The van der Waals surface area contributed by atoms with Gasteiger partial charge in [0.2, 0.25) is 41.4 Å². The van der Waals surface area contributed by atoms with Crippen LogP contribution in [0.1, 0.15) is 159 Å².